The van der Waals surface area contributed by atoms with E-state index in [1.54, 1.807) is 24.4 Å². The molecule has 0 atom stereocenters. The molecule has 0 saturated carbocycles. The number of benzene rings is 2. The Labute approximate surface area is 187 Å². The Balaban J connectivity index is 1.49. The first kappa shape index (κ1) is 19.5. The van der Waals surface area contributed by atoms with Crippen LogP contribution >= 0.6 is 0 Å². The lowest BCUT2D eigenvalue weighted by atomic mass is 9.99. The molecule has 33 heavy (non-hydrogen) atoms. The molecule has 2 aromatic carbocycles. The third-order valence-electron chi connectivity index (χ3n) is 5.80. The fourth-order valence-electron chi connectivity index (χ4n) is 4.27. The summed E-state index contributed by atoms with van der Waals surface area (Å²) in [5.41, 5.74) is 2.33. The standard InChI is InChI=1S/C26H18N2O5/c29-24-12-19(20-11-16-5-1-2-7-22(16)32-26(20)30)18-8-9-23-21(25(18)33-24)14-28(15-31-23)13-17-6-3-4-10-27-17/h1-12H,13-15H2. The van der Waals surface area contributed by atoms with Crippen molar-refractivity contribution in [3.63, 3.8) is 0 Å². The minimum absolute atomic E-state index is 0.314. The molecule has 4 heterocycles. The normalized spacial score (nSPS) is 13.7. The van der Waals surface area contributed by atoms with Gasteiger partial charge in [0.05, 0.1) is 16.8 Å². The number of ether oxygens (including phenoxy) is 1. The van der Waals surface area contributed by atoms with Crippen molar-refractivity contribution < 1.29 is 13.6 Å². The zero-order chi connectivity index (χ0) is 22.4. The number of nitrogens with zero attached hydrogens (tertiary/aromatic N) is 2. The number of hydrogen-bond acceptors (Lipinski definition) is 7. The molecule has 7 heteroatoms. The van der Waals surface area contributed by atoms with Crippen molar-refractivity contribution in [3.05, 3.63) is 105 Å². The summed E-state index contributed by atoms with van der Waals surface area (Å²) >= 11 is 0. The van der Waals surface area contributed by atoms with Crippen LogP contribution in [0.3, 0.4) is 0 Å². The molecule has 0 aliphatic carbocycles. The molecule has 1 aliphatic rings. The molecule has 1 aliphatic heterocycles. The van der Waals surface area contributed by atoms with Crippen LogP contribution in [0.1, 0.15) is 11.3 Å². The first-order valence-electron chi connectivity index (χ1n) is 10.5. The van der Waals surface area contributed by atoms with Crippen LogP contribution in [0.2, 0.25) is 0 Å². The Bertz CT molecular complexity index is 1620. The van der Waals surface area contributed by atoms with E-state index in [9.17, 15) is 9.59 Å². The molecule has 7 nitrogen and oxygen atoms in total. The summed E-state index contributed by atoms with van der Waals surface area (Å²) in [6.45, 7) is 1.50. The van der Waals surface area contributed by atoms with Gasteiger partial charge in [-0.3, -0.25) is 9.88 Å². The third kappa shape index (κ3) is 3.48. The van der Waals surface area contributed by atoms with E-state index in [0.29, 0.717) is 53.2 Å². The molecule has 162 valence electrons. The minimum Gasteiger partial charge on any atom is -0.478 e. The van der Waals surface area contributed by atoms with Gasteiger partial charge in [0.1, 0.15) is 23.6 Å². The van der Waals surface area contributed by atoms with Gasteiger partial charge in [-0.15, -0.1) is 0 Å². The number of fused-ring (bicyclic) bond motifs is 4. The van der Waals surface area contributed by atoms with Crippen LogP contribution in [0.25, 0.3) is 33.1 Å². The molecular weight excluding hydrogens is 420 g/mol. The number of hydrogen-bond donors (Lipinski definition) is 0. The maximum absolute atomic E-state index is 12.8. The van der Waals surface area contributed by atoms with E-state index in [-0.39, 0.29) is 0 Å². The van der Waals surface area contributed by atoms with E-state index >= 15 is 0 Å². The molecular formula is C26H18N2O5. The van der Waals surface area contributed by atoms with E-state index < -0.39 is 11.3 Å². The fourth-order valence-corrected chi connectivity index (χ4v) is 4.27. The maximum Gasteiger partial charge on any atom is 0.344 e. The van der Waals surface area contributed by atoms with Crippen molar-refractivity contribution in [1.29, 1.82) is 0 Å². The van der Waals surface area contributed by atoms with Gasteiger partial charge in [0.15, 0.2) is 0 Å². The van der Waals surface area contributed by atoms with Crippen LogP contribution in [-0.2, 0) is 13.1 Å². The smallest absolute Gasteiger partial charge is 0.344 e. The number of para-hydroxylation sites is 1. The first-order valence-corrected chi connectivity index (χ1v) is 10.5. The van der Waals surface area contributed by atoms with Gasteiger partial charge in [-0.2, -0.15) is 0 Å². The van der Waals surface area contributed by atoms with Gasteiger partial charge < -0.3 is 13.6 Å². The molecule has 0 radical (unpaired) electrons. The van der Waals surface area contributed by atoms with Crippen LogP contribution in [0.5, 0.6) is 5.75 Å². The van der Waals surface area contributed by atoms with Gasteiger partial charge in [-0.1, -0.05) is 24.3 Å². The highest BCUT2D eigenvalue weighted by molar-refractivity contribution is 5.97. The molecule has 5 aromatic rings. The lowest BCUT2D eigenvalue weighted by Gasteiger charge is -2.29. The van der Waals surface area contributed by atoms with E-state index in [4.69, 9.17) is 13.6 Å². The maximum atomic E-state index is 12.8. The molecule has 0 saturated heterocycles. The monoisotopic (exact) mass is 438 g/mol. The molecule has 0 spiro atoms. The van der Waals surface area contributed by atoms with E-state index in [1.165, 1.54) is 6.07 Å². The molecule has 0 N–H and O–H groups in total. The number of aromatic nitrogens is 1. The fraction of sp³-hybridized carbons (Fsp3) is 0.115. The molecule has 0 unspecified atom stereocenters. The largest absolute Gasteiger partial charge is 0.478 e. The second-order valence-electron chi connectivity index (χ2n) is 7.96. The van der Waals surface area contributed by atoms with Gasteiger partial charge in [0.2, 0.25) is 0 Å². The van der Waals surface area contributed by atoms with Gasteiger partial charge in [-0.05, 0) is 36.4 Å². The highest BCUT2D eigenvalue weighted by Gasteiger charge is 2.24. The molecule has 0 fully saturated rings. The van der Waals surface area contributed by atoms with Crippen LogP contribution in [0, 0.1) is 0 Å². The third-order valence-corrected chi connectivity index (χ3v) is 5.80. The Kier molecular flexibility index (Phi) is 4.55. The Morgan fingerprint density at radius 3 is 2.67 bits per heavy atom. The van der Waals surface area contributed by atoms with Crippen LogP contribution in [-0.4, -0.2) is 16.6 Å². The lowest BCUT2D eigenvalue weighted by Crippen LogP contribution is -2.32. The van der Waals surface area contributed by atoms with Crippen molar-refractivity contribution in [2.75, 3.05) is 6.73 Å². The van der Waals surface area contributed by atoms with Crippen molar-refractivity contribution in [3.8, 4) is 16.9 Å². The number of pyridine rings is 1. The summed E-state index contributed by atoms with van der Waals surface area (Å²) in [4.78, 5) is 31.8. The molecule has 0 bridgehead atoms. The Hall–Kier alpha value is -4.23. The summed E-state index contributed by atoms with van der Waals surface area (Å²) < 4.78 is 17.1. The van der Waals surface area contributed by atoms with Crippen molar-refractivity contribution in [2.24, 2.45) is 0 Å². The summed E-state index contributed by atoms with van der Waals surface area (Å²) in [6, 6.07) is 19.8. The predicted octanol–water partition coefficient (Wildman–Crippen LogP) is 4.31. The lowest BCUT2D eigenvalue weighted by molar-refractivity contribution is 0.0878. The summed E-state index contributed by atoms with van der Waals surface area (Å²) in [5.74, 6) is 0.658. The molecule has 6 rings (SSSR count). The second-order valence-corrected chi connectivity index (χ2v) is 7.96. The van der Waals surface area contributed by atoms with Crippen molar-refractivity contribution >= 4 is 21.9 Å². The minimum atomic E-state index is -0.541. The highest BCUT2D eigenvalue weighted by Crippen LogP contribution is 2.36. The molecule has 0 amide bonds. The van der Waals surface area contributed by atoms with Crippen molar-refractivity contribution in [2.45, 2.75) is 13.1 Å². The van der Waals surface area contributed by atoms with Crippen LogP contribution in [0.4, 0.5) is 0 Å². The van der Waals surface area contributed by atoms with E-state index in [1.807, 2.05) is 42.5 Å². The summed E-state index contributed by atoms with van der Waals surface area (Å²) in [5, 5.41) is 1.43. The van der Waals surface area contributed by atoms with E-state index in [2.05, 4.69) is 9.88 Å². The highest BCUT2D eigenvalue weighted by atomic mass is 16.5. The van der Waals surface area contributed by atoms with Gasteiger partial charge in [0, 0.05) is 41.7 Å². The van der Waals surface area contributed by atoms with Gasteiger partial charge in [-0.25, -0.2) is 9.59 Å². The zero-order valence-electron chi connectivity index (χ0n) is 17.5. The Morgan fingerprint density at radius 2 is 1.79 bits per heavy atom. The summed E-state index contributed by atoms with van der Waals surface area (Å²) in [6.07, 6.45) is 1.75. The first-order chi connectivity index (χ1) is 16.2. The number of rotatable bonds is 3. The van der Waals surface area contributed by atoms with Gasteiger partial charge >= 0.3 is 11.3 Å². The Morgan fingerprint density at radius 1 is 0.909 bits per heavy atom. The summed E-state index contributed by atoms with van der Waals surface area (Å²) in [7, 11) is 0. The van der Waals surface area contributed by atoms with Crippen LogP contribution < -0.4 is 16.0 Å². The SMILES string of the molecule is O=c1cc(-c2cc3ccccc3oc2=O)c2ccc3c(c2o1)CN(Cc1ccccn1)CO3. The predicted molar refractivity (Wildman–Crippen MR) is 123 cm³/mol. The van der Waals surface area contributed by atoms with E-state index in [0.717, 1.165) is 16.6 Å². The van der Waals surface area contributed by atoms with Crippen LogP contribution in [0.15, 0.2) is 91.4 Å². The van der Waals surface area contributed by atoms with Gasteiger partial charge in [0.25, 0.3) is 0 Å². The topological polar surface area (TPSA) is 85.8 Å². The zero-order valence-corrected chi connectivity index (χ0v) is 17.5. The second kappa shape index (κ2) is 7.72. The quantitative estimate of drug-likeness (QED) is 0.388. The average Bonchev–Trinajstić information content (AvgIpc) is 2.84. The van der Waals surface area contributed by atoms with Crippen molar-refractivity contribution in [1.82, 2.24) is 9.88 Å². The average molecular weight is 438 g/mol. The molecule has 3 aromatic heterocycles.